The van der Waals surface area contributed by atoms with Crippen molar-refractivity contribution in [1.29, 1.82) is 0 Å². The van der Waals surface area contributed by atoms with Gasteiger partial charge in [-0.1, -0.05) is 18.2 Å². The molecule has 2 amide bonds. The molecule has 1 spiro atoms. The van der Waals surface area contributed by atoms with E-state index in [0.29, 0.717) is 6.61 Å². The van der Waals surface area contributed by atoms with Gasteiger partial charge in [0.1, 0.15) is 0 Å². The topological polar surface area (TPSA) is 58.6 Å². The average Bonchev–Trinajstić information content (AvgIpc) is 3.48. The molecule has 0 bridgehead atoms. The molecule has 4 rings (SSSR count). The van der Waals surface area contributed by atoms with E-state index in [1.54, 1.807) is 0 Å². The van der Waals surface area contributed by atoms with Crippen LogP contribution in [0, 0.1) is 5.92 Å². The van der Waals surface area contributed by atoms with Gasteiger partial charge in [0.2, 0.25) is 5.91 Å². The largest absolute Gasteiger partial charge is 0.375 e. The molecule has 5 nitrogen and oxygen atoms in total. The Bertz CT molecular complexity index is 634. The van der Waals surface area contributed by atoms with Crippen molar-refractivity contribution in [2.24, 2.45) is 5.92 Å². The molecule has 0 radical (unpaired) electrons. The molecule has 134 valence electrons. The second-order valence-corrected chi connectivity index (χ2v) is 7.66. The van der Waals surface area contributed by atoms with Gasteiger partial charge < -0.3 is 15.0 Å². The first-order valence-electron chi connectivity index (χ1n) is 9.44. The lowest BCUT2D eigenvalue weighted by Gasteiger charge is -2.46. The molecule has 1 atom stereocenters. The van der Waals surface area contributed by atoms with Gasteiger partial charge >= 0.3 is 0 Å². The van der Waals surface area contributed by atoms with Crippen LogP contribution in [0.15, 0.2) is 30.3 Å². The summed E-state index contributed by atoms with van der Waals surface area (Å²) in [4.78, 5) is 26.6. The number of nitrogens with zero attached hydrogens (tertiary/aromatic N) is 1. The van der Waals surface area contributed by atoms with Crippen LogP contribution in [0.2, 0.25) is 0 Å². The number of amides is 2. The first-order chi connectivity index (χ1) is 12.2. The first-order valence-corrected chi connectivity index (χ1v) is 9.44. The van der Waals surface area contributed by atoms with Crippen molar-refractivity contribution in [1.82, 2.24) is 10.2 Å². The van der Waals surface area contributed by atoms with E-state index >= 15 is 0 Å². The Morgan fingerprint density at radius 3 is 2.48 bits per heavy atom. The summed E-state index contributed by atoms with van der Waals surface area (Å²) < 4.78 is 6.14. The number of carbonyl (C=O) groups is 2. The van der Waals surface area contributed by atoms with Crippen LogP contribution >= 0.6 is 0 Å². The van der Waals surface area contributed by atoms with Crippen LogP contribution in [0.1, 0.15) is 48.9 Å². The minimum Gasteiger partial charge on any atom is -0.375 e. The number of piperidine rings is 1. The minimum absolute atomic E-state index is 0.102. The van der Waals surface area contributed by atoms with Gasteiger partial charge in [-0.3, -0.25) is 9.59 Å². The number of benzene rings is 1. The average molecular weight is 342 g/mol. The maximum atomic E-state index is 12.6. The lowest BCUT2D eigenvalue weighted by Crippen LogP contribution is -2.54. The zero-order valence-corrected chi connectivity index (χ0v) is 14.6. The van der Waals surface area contributed by atoms with Crippen molar-refractivity contribution in [3.63, 3.8) is 0 Å². The van der Waals surface area contributed by atoms with E-state index in [1.165, 1.54) is 0 Å². The van der Waals surface area contributed by atoms with Crippen molar-refractivity contribution < 1.29 is 14.3 Å². The molecule has 2 saturated heterocycles. The Morgan fingerprint density at radius 1 is 1.08 bits per heavy atom. The number of ether oxygens (including phenoxy) is 1. The van der Waals surface area contributed by atoms with Crippen molar-refractivity contribution in [3.8, 4) is 0 Å². The van der Waals surface area contributed by atoms with Crippen LogP contribution in [0.25, 0.3) is 0 Å². The number of rotatable bonds is 3. The van der Waals surface area contributed by atoms with E-state index in [2.05, 4.69) is 5.32 Å². The van der Waals surface area contributed by atoms with Crippen LogP contribution in [0.3, 0.4) is 0 Å². The Labute approximate surface area is 148 Å². The Morgan fingerprint density at radius 2 is 1.80 bits per heavy atom. The highest BCUT2D eigenvalue weighted by molar-refractivity contribution is 5.94. The predicted molar refractivity (Wildman–Crippen MR) is 94.2 cm³/mol. The maximum Gasteiger partial charge on any atom is 0.253 e. The zero-order valence-electron chi connectivity index (χ0n) is 14.6. The van der Waals surface area contributed by atoms with Gasteiger partial charge in [-0.15, -0.1) is 0 Å². The quantitative estimate of drug-likeness (QED) is 0.917. The van der Waals surface area contributed by atoms with Crippen LogP contribution in [-0.4, -0.2) is 48.1 Å². The summed E-state index contributed by atoms with van der Waals surface area (Å²) in [5.41, 5.74) is 0.574. The molecule has 1 saturated carbocycles. The third-order valence-electron chi connectivity index (χ3n) is 5.77. The number of nitrogens with one attached hydrogen (secondary N) is 1. The van der Waals surface area contributed by atoms with E-state index in [9.17, 15) is 9.59 Å². The fourth-order valence-electron chi connectivity index (χ4n) is 4.04. The zero-order chi connectivity index (χ0) is 17.3. The molecule has 1 aromatic rings. The molecule has 0 aromatic heterocycles. The lowest BCUT2D eigenvalue weighted by molar-refractivity contribution is -0.131. The van der Waals surface area contributed by atoms with Crippen molar-refractivity contribution in [2.75, 3.05) is 19.7 Å². The Kier molecular flexibility index (Phi) is 4.50. The second-order valence-electron chi connectivity index (χ2n) is 7.66. The Balaban J connectivity index is 1.33. The van der Waals surface area contributed by atoms with Gasteiger partial charge in [-0.2, -0.15) is 0 Å². The second kappa shape index (κ2) is 6.79. The van der Waals surface area contributed by atoms with Crippen molar-refractivity contribution in [2.45, 2.75) is 50.2 Å². The van der Waals surface area contributed by atoms with E-state index in [-0.39, 0.29) is 29.4 Å². The van der Waals surface area contributed by atoms with Crippen LogP contribution in [0.5, 0.6) is 0 Å². The molecule has 2 heterocycles. The number of likely N-dealkylation sites (tertiary alicyclic amines) is 1. The lowest BCUT2D eigenvalue weighted by atomic mass is 9.82. The van der Waals surface area contributed by atoms with E-state index < -0.39 is 0 Å². The first kappa shape index (κ1) is 16.6. The standard InChI is InChI=1S/C20H26N2O3/c23-18(15-6-7-15)21-17-8-13-25-20(14-17)9-11-22(12-10-20)19(24)16-4-2-1-3-5-16/h1-5,15,17H,6-14H2,(H,21,23)/t17-/m0/s1. The summed E-state index contributed by atoms with van der Waals surface area (Å²) >= 11 is 0. The summed E-state index contributed by atoms with van der Waals surface area (Å²) in [6, 6.07) is 9.68. The molecule has 2 aliphatic heterocycles. The van der Waals surface area contributed by atoms with E-state index in [4.69, 9.17) is 4.74 Å². The van der Waals surface area contributed by atoms with E-state index in [0.717, 1.165) is 57.2 Å². The van der Waals surface area contributed by atoms with Gasteiger partial charge in [0.05, 0.1) is 5.60 Å². The number of carbonyl (C=O) groups excluding carboxylic acids is 2. The van der Waals surface area contributed by atoms with Gasteiger partial charge in [-0.25, -0.2) is 0 Å². The highest BCUT2D eigenvalue weighted by Crippen LogP contribution is 2.36. The fourth-order valence-corrected chi connectivity index (χ4v) is 4.04. The van der Waals surface area contributed by atoms with Crippen molar-refractivity contribution in [3.05, 3.63) is 35.9 Å². The van der Waals surface area contributed by atoms with Crippen molar-refractivity contribution >= 4 is 11.8 Å². The third kappa shape index (κ3) is 3.71. The molecular formula is C20H26N2O3. The highest BCUT2D eigenvalue weighted by atomic mass is 16.5. The molecule has 1 aliphatic carbocycles. The molecule has 1 aromatic carbocycles. The predicted octanol–water partition coefficient (Wildman–Crippen LogP) is 2.37. The number of hydrogen-bond donors (Lipinski definition) is 1. The van der Waals surface area contributed by atoms with Gasteiger partial charge in [0, 0.05) is 37.2 Å². The monoisotopic (exact) mass is 342 g/mol. The van der Waals surface area contributed by atoms with Crippen LogP contribution in [0.4, 0.5) is 0 Å². The summed E-state index contributed by atoms with van der Waals surface area (Å²) in [6.07, 6.45) is 5.54. The molecule has 25 heavy (non-hydrogen) atoms. The molecule has 1 N–H and O–H groups in total. The molecule has 3 aliphatic rings. The molecular weight excluding hydrogens is 316 g/mol. The van der Waals surface area contributed by atoms with Gasteiger partial charge in [-0.05, 0) is 50.7 Å². The maximum absolute atomic E-state index is 12.6. The van der Waals surface area contributed by atoms with Gasteiger partial charge in [0.15, 0.2) is 0 Å². The molecule has 3 fully saturated rings. The molecule has 5 heteroatoms. The Hall–Kier alpha value is -1.88. The summed E-state index contributed by atoms with van der Waals surface area (Å²) in [7, 11) is 0. The minimum atomic E-state index is -0.173. The third-order valence-corrected chi connectivity index (χ3v) is 5.77. The van der Waals surface area contributed by atoms with Crippen LogP contribution < -0.4 is 5.32 Å². The SMILES string of the molecule is O=C(N[C@H]1CCOC2(CCN(C(=O)c3ccccc3)CC2)C1)C1CC1. The molecule has 0 unspecified atom stereocenters. The van der Waals surface area contributed by atoms with E-state index in [1.807, 2.05) is 35.2 Å². The highest BCUT2D eigenvalue weighted by Gasteiger charge is 2.42. The van der Waals surface area contributed by atoms with Gasteiger partial charge in [0.25, 0.3) is 5.91 Å². The summed E-state index contributed by atoms with van der Waals surface area (Å²) in [6.45, 7) is 2.14. The smallest absolute Gasteiger partial charge is 0.253 e. The summed E-state index contributed by atoms with van der Waals surface area (Å²) in [5, 5.41) is 3.21. The summed E-state index contributed by atoms with van der Waals surface area (Å²) in [5.74, 6) is 0.577. The normalized spacial score (nSPS) is 25.6. The fraction of sp³-hybridized carbons (Fsp3) is 0.600. The number of hydrogen-bond acceptors (Lipinski definition) is 3. The van der Waals surface area contributed by atoms with Crippen LogP contribution in [-0.2, 0) is 9.53 Å².